The fourth-order valence-electron chi connectivity index (χ4n) is 3.53. The summed E-state index contributed by atoms with van der Waals surface area (Å²) >= 11 is 0. The minimum atomic E-state index is -0.250. The van der Waals surface area contributed by atoms with Crippen LogP contribution in [0.1, 0.15) is 36.5 Å². The van der Waals surface area contributed by atoms with Gasteiger partial charge in [-0.3, -0.25) is 9.59 Å². The Balaban J connectivity index is 2.07. The number of carbonyl (C=O) groups is 2. The van der Waals surface area contributed by atoms with Crippen molar-refractivity contribution >= 4 is 17.5 Å². The Morgan fingerprint density at radius 2 is 1.87 bits per heavy atom. The molecule has 2 rings (SSSR count). The van der Waals surface area contributed by atoms with E-state index in [2.05, 4.69) is 24.4 Å². The molecule has 1 aliphatic heterocycles. The van der Waals surface area contributed by atoms with Crippen LogP contribution in [0.2, 0.25) is 0 Å². The molecule has 1 fully saturated rings. The number of hydrogen-bond acceptors (Lipinski definition) is 2. The molecule has 4 N–H and O–H groups in total. The Morgan fingerprint density at radius 3 is 2.43 bits per heavy atom. The van der Waals surface area contributed by atoms with Gasteiger partial charge in [-0.05, 0) is 51.7 Å². The molecule has 3 atom stereocenters. The van der Waals surface area contributed by atoms with E-state index in [-0.39, 0.29) is 23.8 Å². The van der Waals surface area contributed by atoms with Gasteiger partial charge in [-0.25, -0.2) is 0 Å². The largest absolute Gasteiger partial charge is 0.369 e. The lowest BCUT2D eigenvalue weighted by Crippen LogP contribution is -3.18. The van der Waals surface area contributed by atoms with Crippen LogP contribution < -0.4 is 16.0 Å². The molecule has 2 amide bonds. The standard InChI is InChI=1S/C18H27N3O2/c1-11-8-12(2)16(13(3)9-11)20-18(23)14(4)21-7-5-6-15(10-21)17(19)22/h8-9,14-15H,5-7,10H2,1-4H3,(H2,19,22)(H,20,23)/p+1/t14-,15-/m0/s1. The van der Waals surface area contributed by atoms with Crippen molar-refractivity contribution in [3.63, 3.8) is 0 Å². The maximum atomic E-state index is 12.6. The summed E-state index contributed by atoms with van der Waals surface area (Å²) in [7, 11) is 0. The number of piperidine rings is 1. The minimum absolute atomic E-state index is 0.000161. The van der Waals surface area contributed by atoms with E-state index in [4.69, 9.17) is 5.73 Å². The van der Waals surface area contributed by atoms with Crippen molar-refractivity contribution in [3.8, 4) is 0 Å². The molecule has 0 radical (unpaired) electrons. The van der Waals surface area contributed by atoms with Gasteiger partial charge in [0, 0.05) is 5.69 Å². The fraction of sp³-hybridized carbons (Fsp3) is 0.556. The van der Waals surface area contributed by atoms with Gasteiger partial charge >= 0.3 is 0 Å². The number of nitrogens with one attached hydrogen (secondary N) is 2. The average molecular weight is 318 g/mol. The van der Waals surface area contributed by atoms with E-state index in [9.17, 15) is 9.59 Å². The zero-order valence-corrected chi connectivity index (χ0v) is 14.5. The number of primary amides is 1. The third-order valence-corrected chi connectivity index (χ3v) is 4.89. The minimum Gasteiger partial charge on any atom is -0.369 e. The molecule has 5 heteroatoms. The number of anilines is 1. The van der Waals surface area contributed by atoms with Crippen LogP contribution in [0.15, 0.2) is 12.1 Å². The van der Waals surface area contributed by atoms with E-state index < -0.39 is 0 Å². The summed E-state index contributed by atoms with van der Waals surface area (Å²) in [5, 5.41) is 3.07. The topological polar surface area (TPSA) is 76.6 Å². The summed E-state index contributed by atoms with van der Waals surface area (Å²) in [6.45, 7) is 9.55. The third kappa shape index (κ3) is 4.10. The third-order valence-electron chi connectivity index (χ3n) is 4.89. The summed E-state index contributed by atoms with van der Waals surface area (Å²) in [5.74, 6) is -0.364. The highest BCUT2D eigenvalue weighted by Crippen LogP contribution is 2.22. The van der Waals surface area contributed by atoms with Gasteiger partial charge < -0.3 is 16.0 Å². The molecule has 1 saturated heterocycles. The predicted octanol–water partition coefficient (Wildman–Crippen LogP) is 0.719. The molecular weight excluding hydrogens is 290 g/mol. The van der Waals surface area contributed by atoms with Crippen molar-refractivity contribution in [2.75, 3.05) is 18.4 Å². The van der Waals surface area contributed by atoms with Crippen LogP contribution in [-0.2, 0) is 9.59 Å². The van der Waals surface area contributed by atoms with Gasteiger partial charge in [-0.2, -0.15) is 0 Å². The highest BCUT2D eigenvalue weighted by Gasteiger charge is 2.33. The van der Waals surface area contributed by atoms with Crippen molar-refractivity contribution < 1.29 is 14.5 Å². The molecular formula is C18H28N3O2+. The summed E-state index contributed by atoms with van der Waals surface area (Å²) < 4.78 is 0. The molecule has 0 bridgehead atoms. The second-order valence-corrected chi connectivity index (χ2v) is 6.84. The normalized spacial score (nSPS) is 22.4. The molecule has 1 unspecified atom stereocenters. The number of amides is 2. The van der Waals surface area contributed by atoms with Crippen molar-refractivity contribution in [1.82, 2.24) is 0 Å². The van der Waals surface area contributed by atoms with E-state index in [0.29, 0.717) is 6.54 Å². The number of carbonyl (C=O) groups excluding carboxylic acids is 2. The Hall–Kier alpha value is -1.88. The number of nitrogens with two attached hydrogens (primary N) is 1. The molecule has 0 aliphatic carbocycles. The lowest BCUT2D eigenvalue weighted by atomic mass is 9.96. The Bertz CT molecular complexity index is 589. The van der Waals surface area contributed by atoms with Crippen molar-refractivity contribution in [1.29, 1.82) is 0 Å². The molecule has 0 aromatic heterocycles. The number of benzene rings is 1. The van der Waals surface area contributed by atoms with Gasteiger partial charge in [0.15, 0.2) is 6.04 Å². The van der Waals surface area contributed by atoms with Gasteiger partial charge in [-0.15, -0.1) is 0 Å². The quantitative estimate of drug-likeness (QED) is 0.765. The number of hydrogen-bond donors (Lipinski definition) is 3. The van der Waals surface area contributed by atoms with Crippen LogP contribution in [0.25, 0.3) is 0 Å². The summed E-state index contributed by atoms with van der Waals surface area (Å²) in [5.41, 5.74) is 9.67. The molecule has 0 saturated carbocycles. The van der Waals surface area contributed by atoms with Crippen molar-refractivity contribution in [3.05, 3.63) is 28.8 Å². The first-order chi connectivity index (χ1) is 10.8. The lowest BCUT2D eigenvalue weighted by Gasteiger charge is -2.32. The van der Waals surface area contributed by atoms with Gasteiger partial charge in [0.2, 0.25) is 5.91 Å². The second-order valence-electron chi connectivity index (χ2n) is 6.84. The van der Waals surface area contributed by atoms with Crippen molar-refractivity contribution in [2.24, 2.45) is 11.7 Å². The molecule has 1 aliphatic rings. The summed E-state index contributed by atoms with van der Waals surface area (Å²) in [6, 6.07) is 3.95. The first-order valence-electron chi connectivity index (χ1n) is 8.32. The van der Waals surface area contributed by atoms with Crippen LogP contribution in [0, 0.1) is 26.7 Å². The zero-order valence-electron chi connectivity index (χ0n) is 14.5. The van der Waals surface area contributed by atoms with Crippen molar-refractivity contribution in [2.45, 2.75) is 46.6 Å². The zero-order chi connectivity index (χ0) is 17.1. The monoisotopic (exact) mass is 318 g/mol. The van der Waals surface area contributed by atoms with E-state index in [1.165, 1.54) is 5.56 Å². The van der Waals surface area contributed by atoms with E-state index in [1.807, 2.05) is 20.8 Å². The Labute approximate surface area is 138 Å². The van der Waals surface area contributed by atoms with Crippen LogP contribution in [0.5, 0.6) is 0 Å². The van der Waals surface area contributed by atoms with Gasteiger partial charge in [-0.1, -0.05) is 17.7 Å². The molecule has 23 heavy (non-hydrogen) atoms. The first-order valence-corrected chi connectivity index (χ1v) is 8.32. The Morgan fingerprint density at radius 1 is 1.26 bits per heavy atom. The molecule has 1 aromatic rings. The van der Waals surface area contributed by atoms with Crippen LogP contribution in [0.4, 0.5) is 5.69 Å². The Kier molecular flexibility index (Phi) is 5.42. The SMILES string of the molecule is Cc1cc(C)c(NC(=O)[C@H](C)[NH+]2CCC[C@H](C(N)=O)C2)c(C)c1. The van der Waals surface area contributed by atoms with Crippen LogP contribution in [0.3, 0.4) is 0 Å². The number of rotatable bonds is 4. The van der Waals surface area contributed by atoms with Gasteiger partial charge in [0.25, 0.3) is 5.91 Å². The van der Waals surface area contributed by atoms with Gasteiger partial charge in [0.05, 0.1) is 19.0 Å². The lowest BCUT2D eigenvalue weighted by molar-refractivity contribution is -0.921. The maximum Gasteiger partial charge on any atom is 0.282 e. The van der Waals surface area contributed by atoms with E-state index in [0.717, 1.165) is 41.1 Å². The van der Waals surface area contributed by atoms with E-state index >= 15 is 0 Å². The number of aryl methyl sites for hydroxylation is 3. The van der Waals surface area contributed by atoms with Gasteiger partial charge in [0.1, 0.15) is 0 Å². The smallest absolute Gasteiger partial charge is 0.282 e. The summed E-state index contributed by atoms with van der Waals surface area (Å²) in [4.78, 5) is 25.2. The fourth-order valence-corrected chi connectivity index (χ4v) is 3.53. The predicted molar refractivity (Wildman–Crippen MR) is 91.4 cm³/mol. The highest BCUT2D eigenvalue weighted by molar-refractivity contribution is 5.95. The summed E-state index contributed by atoms with van der Waals surface area (Å²) in [6.07, 6.45) is 1.77. The van der Waals surface area contributed by atoms with Crippen LogP contribution in [-0.4, -0.2) is 30.9 Å². The molecule has 0 spiro atoms. The molecule has 126 valence electrons. The molecule has 1 heterocycles. The molecule has 5 nitrogen and oxygen atoms in total. The molecule has 1 aromatic carbocycles. The van der Waals surface area contributed by atoms with E-state index in [1.54, 1.807) is 0 Å². The maximum absolute atomic E-state index is 12.6. The number of quaternary nitrogens is 1. The number of likely N-dealkylation sites (tertiary alicyclic amines) is 1. The highest BCUT2D eigenvalue weighted by atomic mass is 16.2. The van der Waals surface area contributed by atoms with Crippen LogP contribution >= 0.6 is 0 Å². The average Bonchev–Trinajstić information content (AvgIpc) is 2.50. The first kappa shape index (κ1) is 17.5. The second kappa shape index (κ2) is 7.13.